The predicted molar refractivity (Wildman–Crippen MR) is 92.8 cm³/mol. The number of aryl methyl sites for hydroxylation is 1. The Morgan fingerprint density at radius 3 is 2.92 bits per heavy atom. The number of nitrogens with zero attached hydrogens (tertiary/aromatic N) is 4. The fraction of sp³-hybridized carbons (Fsp3) is 0.200. The fourth-order valence-corrected chi connectivity index (χ4v) is 2.42. The molecule has 1 aromatic carbocycles. The number of anilines is 2. The van der Waals surface area contributed by atoms with E-state index in [9.17, 15) is 4.79 Å². The first-order chi connectivity index (χ1) is 11.5. The number of rotatable bonds is 6. The molecule has 0 fully saturated rings. The highest BCUT2D eigenvalue weighted by Gasteiger charge is 2.12. The molecule has 9 heteroatoms. The van der Waals surface area contributed by atoms with Crippen LogP contribution >= 0.6 is 11.6 Å². The van der Waals surface area contributed by atoms with Gasteiger partial charge in [0.25, 0.3) is 0 Å². The maximum absolute atomic E-state index is 10.9. The molecule has 0 aliphatic heterocycles. The van der Waals surface area contributed by atoms with E-state index in [1.165, 1.54) is 0 Å². The second-order valence-corrected chi connectivity index (χ2v) is 5.66. The van der Waals surface area contributed by atoms with Crippen molar-refractivity contribution in [3.05, 3.63) is 41.2 Å². The van der Waals surface area contributed by atoms with Crippen LogP contribution in [0.2, 0.25) is 5.02 Å². The lowest BCUT2D eigenvalue weighted by molar-refractivity contribution is -0.116. The molecule has 0 unspecified atom stereocenters. The monoisotopic (exact) mass is 345 g/mol. The maximum atomic E-state index is 10.9. The van der Waals surface area contributed by atoms with Crippen molar-refractivity contribution in [2.24, 2.45) is 12.8 Å². The van der Waals surface area contributed by atoms with Crippen LogP contribution in [0, 0.1) is 0 Å². The third kappa shape index (κ3) is 3.54. The second kappa shape index (κ2) is 6.71. The quantitative estimate of drug-likeness (QED) is 0.624. The minimum atomic E-state index is -0.489. The van der Waals surface area contributed by atoms with Crippen LogP contribution in [-0.4, -0.2) is 32.0 Å². The molecule has 0 spiro atoms. The number of aromatic nitrogens is 4. The van der Waals surface area contributed by atoms with Crippen LogP contribution in [0.4, 0.5) is 11.8 Å². The Balaban J connectivity index is 1.88. The van der Waals surface area contributed by atoms with E-state index in [0.29, 0.717) is 34.5 Å². The molecule has 0 bridgehead atoms. The Bertz CT molecular complexity index is 893. The molecule has 3 rings (SSSR count). The van der Waals surface area contributed by atoms with Crippen LogP contribution < -0.4 is 16.4 Å². The van der Waals surface area contributed by atoms with Crippen molar-refractivity contribution in [1.29, 1.82) is 0 Å². The fourth-order valence-electron chi connectivity index (χ4n) is 2.21. The Morgan fingerprint density at radius 2 is 2.17 bits per heavy atom. The summed E-state index contributed by atoms with van der Waals surface area (Å²) in [5.41, 5.74) is 7.44. The summed E-state index contributed by atoms with van der Waals surface area (Å²) in [5, 5.41) is 6.70. The van der Waals surface area contributed by atoms with Gasteiger partial charge in [-0.2, -0.15) is 9.97 Å². The van der Waals surface area contributed by atoms with Crippen LogP contribution in [-0.2, 0) is 18.4 Å². The number of halogens is 1. The van der Waals surface area contributed by atoms with Gasteiger partial charge in [-0.15, -0.1) is 0 Å². The number of fused-ring (bicyclic) bond motifs is 1. The van der Waals surface area contributed by atoms with Gasteiger partial charge in [0.1, 0.15) is 0 Å². The van der Waals surface area contributed by atoms with Crippen molar-refractivity contribution in [2.75, 3.05) is 17.2 Å². The number of hydrogen-bond donors (Lipinski definition) is 3. The number of carbonyl (C=O) groups is 1. The van der Waals surface area contributed by atoms with E-state index < -0.39 is 5.91 Å². The van der Waals surface area contributed by atoms with E-state index in [1.54, 1.807) is 10.9 Å². The Morgan fingerprint density at radius 1 is 1.33 bits per heavy atom. The smallest absolute Gasteiger partial charge is 0.236 e. The lowest BCUT2D eigenvalue weighted by Gasteiger charge is -2.09. The van der Waals surface area contributed by atoms with Gasteiger partial charge in [-0.25, -0.2) is 4.98 Å². The average Bonchev–Trinajstić information content (AvgIpc) is 2.92. The first kappa shape index (κ1) is 16.0. The molecule has 4 N–H and O–H groups in total. The van der Waals surface area contributed by atoms with Crippen LogP contribution in [0.3, 0.4) is 0 Å². The summed E-state index contributed by atoms with van der Waals surface area (Å²) < 4.78 is 1.77. The molecule has 0 radical (unpaired) electrons. The first-order valence-corrected chi connectivity index (χ1v) is 7.60. The summed E-state index contributed by atoms with van der Waals surface area (Å²) in [7, 11) is 1.83. The van der Waals surface area contributed by atoms with Gasteiger partial charge in [-0.1, -0.05) is 23.7 Å². The van der Waals surface area contributed by atoms with E-state index in [4.69, 9.17) is 17.3 Å². The highest BCUT2D eigenvalue weighted by atomic mass is 35.5. The Hall–Kier alpha value is -2.87. The lowest BCUT2D eigenvalue weighted by Crippen LogP contribution is -2.23. The molecule has 2 heterocycles. The number of primary amides is 1. The number of benzene rings is 1. The summed E-state index contributed by atoms with van der Waals surface area (Å²) in [4.78, 5) is 24.0. The number of imidazole rings is 1. The number of nitrogens with one attached hydrogen (secondary N) is 2. The summed E-state index contributed by atoms with van der Waals surface area (Å²) >= 11 is 6.00. The van der Waals surface area contributed by atoms with Gasteiger partial charge in [0, 0.05) is 18.6 Å². The summed E-state index contributed by atoms with van der Waals surface area (Å²) in [5.74, 6) is 0.378. The third-order valence-corrected chi connectivity index (χ3v) is 3.56. The molecular formula is C15H16ClN7O. The van der Waals surface area contributed by atoms with Gasteiger partial charge in [-0.05, 0) is 17.7 Å². The van der Waals surface area contributed by atoms with Gasteiger partial charge < -0.3 is 20.9 Å². The molecule has 124 valence electrons. The lowest BCUT2D eigenvalue weighted by atomic mass is 10.2. The van der Waals surface area contributed by atoms with E-state index >= 15 is 0 Å². The second-order valence-electron chi connectivity index (χ2n) is 5.23. The summed E-state index contributed by atoms with van der Waals surface area (Å²) in [6.45, 7) is 0.482. The Labute approximate surface area is 143 Å². The maximum Gasteiger partial charge on any atom is 0.236 e. The molecule has 1 amide bonds. The van der Waals surface area contributed by atoms with E-state index in [-0.39, 0.29) is 6.54 Å². The summed E-state index contributed by atoms with van der Waals surface area (Å²) in [6.07, 6.45) is 1.65. The van der Waals surface area contributed by atoms with Crippen LogP contribution in [0.25, 0.3) is 11.2 Å². The van der Waals surface area contributed by atoms with Crippen LogP contribution in [0.1, 0.15) is 5.56 Å². The van der Waals surface area contributed by atoms with E-state index in [0.717, 1.165) is 5.56 Å². The van der Waals surface area contributed by atoms with Crippen molar-refractivity contribution in [3.8, 4) is 0 Å². The molecule has 24 heavy (non-hydrogen) atoms. The van der Waals surface area contributed by atoms with Crippen LogP contribution in [0.5, 0.6) is 0 Å². The largest absolute Gasteiger partial charge is 0.368 e. The van der Waals surface area contributed by atoms with Crippen molar-refractivity contribution in [2.45, 2.75) is 6.54 Å². The highest BCUT2D eigenvalue weighted by molar-refractivity contribution is 6.30. The van der Waals surface area contributed by atoms with E-state index in [1.807, 2.05) is 31.3 Å². The molecule has 0 saturated carbocycles. The molecule has 3 aromatic rings. The molecule has 0 saturated heterocycles. The molecule has 2 aromatic heterocycles. The van der Waals surface area contributed by atoms with Crippen molar-refractivity contribution in [3.63, 3.8) is 0 Å². The molecule has 0 atom stereocenters. The van der Waals surface area contributed by atoms with Crippen molar-refractivity contribution in [1.82, 2.24) is 19.5 Å². The predicted octanol–water partition coefficient (Wildman–Crippen LogP) is 1.53. The van der Waals surface area contributed by atoms with E-state index in [2.05, 4.69) is 25.6 Å². The normalized spacial score (nSPS) is 10.8. The number of hydrogen-bond acceptors (Lipinski definition) is 6. The van der Waals surface area contributed by atoms with Crippen LogP contribution in [0.15, 0.2) is 30.6 Å². The van der Waals surface area contributed by atoms with Gasteiger partial charge >= 0.3 is 0 Å². The number of nitrogens with two attached hydrogens (primary N) is 1. The SMILES string of the molecule is Cn1cnc2c(NCc3cccc(Cl)c3)nc(NCC(N)=O)nc21. The number of carbonyl (C=O) groups excluding carboxylic acids is 1. The molecular weight excluding hydrogens is 330 g/mol. The van der Waals surface area contributed by atoms with Gasteiger partial charge in [0.15, 0.2) is 17.0 Å². The van der Waals surface area contributed by atoms with Gasteiger partial charge in [0.05, 0.1) is 12.9 Å². The summed E-state index contributed by atoms with van der Waals surface area (Å²) in [6, 6.07) is 7.54. The zero-order valence-electron chi connectivity index (χ0n) is 13.0. The zero-order chi connectivity index (χ0) is 17.1. The average molecular weight is 346 g/mol. The topological polar surface area (TPSA) is 111 Å². The number of amides is 1. The molecule has 8 nitrogen and oxygen atoms in total. The van der Waals surface area contributed by atoms with Crippen molar-refractivity contribution < 1.29 is 4.79 Å². The molecule has 0 aliphatic carbocycles. The van der Waals surface area contributed by atoms with Gasteiger partial charge in [0.2, 0.25) is 11.9 Å². The standard InChI is InChI=1S/C15H16ClN7O/c1-23-8-20-12-13(18-6-9-3-2-4-10(16)5-9)21-15(22-14(12)23)19-7-11(17)24/h2-5,8H,6-7H2,1H3,(H2,17,24)(H2,18,19,21,22). The minimum Gasteiger partial charge on any atom is -0.368 e. The first-order valence-electron chi connectivity index (χ1n) is 7.22. The zero-order valence-corrected chi connectivity index (χ0v) is 13.7. The van der Waals surface area contributed by atoms with Crippen molar-refractivity contribution >= 4 is 40.4 Å². The highest BCUT2D eigenvalue weighted by Crippen LogP contribution is 2.21. The Kier molecular flexibility index (Phi) is 4.48. The van der Waals surface area contributed by atoms with Gasteiger partial charge in [-0.3, -0.25) is 4.79 Å². The third-order valence-electron chi connectivity index (χ3n) is 3.33. The minimum absolute atomic E-state index is 0.0446. The molecule has 0 aliphatic rings.